The van der Waals surface area contributed by atoms with E-state index in [0.29, 0.717) is 22.1 Å². The number of amides is 3. The van der Waals surface area contributed by atoms with Crippen LogP contribution in [0, 0.1) is 0 Å². The van der Waals surface area contributed by atoms with Crippen LogP contribution in [0.25, 0.3) is 0 Å². The van der Waals surface area contributed by atoms with Crippen LogP contribution in [0.3, 0.4) is 0 Å². The normalized spacial score (nSPS) is 19.1. The number of carbonyl (C=O) groups is 3. The minimum Gasteiger partial charge on any atom is -0.323 e. The largest absolute Gasteiger partial charge is 0.323 e. The fourth-order valence-electron chi connectivity index (χ4n) is 2.85. The van der Waals surface area contributed by atoms with Crippen molar-refractivity contribution in [2.75, 3.05) is 15.5 Å². The lowest BCUT2D eigenvalue weighted by molar-refractivity contribution is -0.125. The monoisotopic (exact) mass is 327 g/mol. The van der Waals surface area contributed by atoms with Gasteiger partial charge in [-0.1, -0.05) is 23.7 Å². The van der Waals surface area contributed by atoms with Crippen molar-refractivity contribution in [2.45, 2.75) is 6.04 Å². The summed E-state index contributed by atoms with van der Waals surface area (Å²) in [5, 5.41) is 5.65. The number of benzene rings is 2. The molecule has 2 aliphatic heterocycles. The maximum Gasteiger partial charge on any atom is 0.261 e. The molecule has 0 bridgehead atoms. The van der Waals surface area contributed by atoms with E-state index >= 15 is 0 Å². The lowest BCUT2D eigenvalue weighted by atomic mass is 10.1. The van der Waals surface area contributed by atoms with E-state index in [1.54, 1.807) is 30.3 Å². The number of anilines is 3. The van der Waals surface area contributed by atoms with E-state index < -0.39 is 23.8 Å². The molecule has 4 rings (SSSR count). The zero-order valence-electron chi connectivity index (χ0n) is 11.7. The number of para-hydroxylation sites is 2. The number of nitrogens with zero attached hydrogens (tertiary/aromatic N) is 1. The molecule has 114 valence electrons. The van der Waals surface area contributed by atoms with Crippen molar-refractivity contribution in [1.82, 2.24) is 0 Å². The number of nitrogens with one attached hydrogen (secondary N) is 2. The van der Waals surface area contributed by atoms with Gasteiger partial charge in [-0.25, -0.2) is 0 Å². The van der Waals surface area contributed by atoms with Crippen LogP contribution in [0.1, 0.15) is 10.4 Å². The first kappa shape index (κ1) is 13.8. The maximum absolute atomic E-state index is 12.9. The van der Waals surface area contributed by atoms with Gasteiger partial charge in [0, 0.05) is 5.02 Å². The van der Waals surface area contributed by atoms with Gasteiger partial charge in [0.15, 0.2) is 6.04 Å². The molecule has 0 saturated heterocycles. The fourth-order valence-corrected chi connectivity index (χ4v) is 3.02. The summed E-state index contributed by atoms with van der Waals surface area (Å²) in [5.41, 5.74) is 1.56. The Morgan fingerprint density at radius 1 is 0.913 bits per heavy atom. The van der Waals surface area contributed by atoms with Gasteiger partial charge in [-0.2, -0.15) is 0 Å². The van der Waals surface area contributed by atoms with Gasteiger partial charge >= 0.3 is 0 Å². The van der Waals surface area contributed by atoms with Crippen LogP contribution in [-0.4, -0.2) is 23.8 Å². The zero-order chi connectivity index (χ0) is 16.1. The molecule has 0 aliphatic carbocycles. The number of halogens is 1. The van der Waals surface area contributed by atoms with Crippen LogP contribution in [0.4, 0.5) is 17.1 Å². The first-order valence-corrected chi connectivity index (χ1v) is 7.28. The van der Waals surface area contributed by atoms with E-state index in [-0.39, 0.29) is 5.56 Å². The lowest BCUT2D eigenvalue weighted by Crippen LogP contribution is -2.55. The first-order valence-electron chi connectivity index (χ1n) is 6.90. The minimum absolute atomic E-state index is 0.287. The Balaban J connectivity index is 1.95. The van der Waals surface area contributed by atoms with Gasteiger partial charge in [-0.15, -0.1) is 0 Å². The average molecular weight is 328 g/mol. The molecule has 0 aromatic heterocycles. The molecule has 0 radical (unpaired) electrons. The van der Waals surface area contributed by atoms with Crippen molar-refractivity contribution < 1.29 is 14.4 Å². The van der Waals surface area contributed by atoms with Crippen molar-refractivity contribution in [3.05, 3.63) is 53.1 Å². The van der Waals surface area contributed by atoms with Gasteiger partial charge in [0.2, 0.25) is 0 Å². The van der Waals surface area contributed by atoms with E-state index in [9.17, 15) is 14.4 Å². The molecule has 2 heterocycles. The second-order valence-electron chi connectivity index (χ2n) is 5.26. The summed E-state index contributed by atoms with van der Waals surface area (Å²) in [6, 6.07) is 10.2. The lowest BCUT2D eigenvalue weighted by Gasteiger charge is -2.33. The Hall–Kier alpha value is -2.86. The molecule has 1 atom stereocenters. The summed E-state index contributed by atoms with van der Waals surface area (Å²) in [4.78, 5) is 39.0. The van der Waals surface area contributed by atoms with E-state index in [1.807, 2.05) is 0 Å². The first-order chi connectivity index (χ1) is 11.1. The van der Waals surface area contributed by atoms with Crippen LogP contribution in [0.2, 0.25) is 5.02 Å². The van der Waals surface area contributed by atoms with Gasteiger partial charge in [-0.05, 0) is 30.3 Å². The third-order valence-electron chi connectivity index (χ3n) is 3.87. The maximum atomic E-state index is 12.9. The van der Waals surface area contributed by atoms with Crippen molar-refractivity contribution in [3.63, 3.8) is 0 Å². The molecule has 0 fully saturated rings. The minimum atomic E-state index is -1.26. The predicted octanol–water partition coefficient (Wildman–Crippen LogP) is 2.26. The standard InChI is InChI=1S/C16H10ClN3O3/c17-8-5-6-9-11(7-8)19-15(22)13-14(21)18-10-3-1-2-4-12(10)20(13)16(9)23/h1-7,13H,(H,18,21)(H,19,22). The van der Waals surface area contributed by atoms with Gasteiger partial charge in [0.1, 0.15) is 0 Å². The van der Waals surface area contributed by atoms with Crippen molar-refractivity contribution >= 4 is 46.4 Å². The van der Waals surface area contributed by atoms with E-state index in [4.69, 9.17) is 11.6 Å². The molecule has 2 aromatic carbocycles. The van der Waals surface area contributed by atoms with Crippen molar-refractivity contribution in [1.29, 1.82) is 0 Å². The Kier molecular flexibility index (Phi) is 2.89. The summed E-state index contributed by atoms with van der Waals surface area (Å²) in [5.74, 6) is -1.55. The Morgan fingerprint density at radius 2 is 1.61 bits per heavy atom. The molecule has 7 heteroatoms. The van der Waals surface area contributed by atoms with E-state index in [0.717, 1.165) is 0 Å². The third-order valence-corrected chi connectivity index (χ3v) is 4.10. The highest BCUT2D eigenvalue weighted by Crippen LogP contribution is 2.36. The van der Waals surface area contributed by atoms with Gasteiger partial charge in [-0.3, -0.25) is 19.3 Å². The topological polar surface area (TPSA) is 78.5 Å². The highest BCUT2D eigenvalue weighted by atomic mass is 35.5. The molecule has 2 N–H and O–H groups in total. The number of carbonyl (C=O) groups excluding carboxylic acids is 3. The highest BCUT2D eigenvalue weighted by Gasteiger charge is 2.44. The highest BCUT2D eigenvalue weighted by molar-refractivity contribution is 6.33. The number of hydrogen-bond donors (Lipinski definition) is 2. The second-order valence-corrected chi connectivity index (χ2v) is 5.70. The average Bonchev–Trinajstić information content (AvgIpc) is 2.63. The summed E-state index contributed by atoms with van der Waals surface area (Å²) in [7, 11) is 0. The fraction of sp³-hybridized carbons (Fsp3) is 0.0625. The number of fused-ring (bicyclic) bond motifs is 4. The Morgan fingerprint density at radius 3 is 2.39 bits per heavy atom. The molecule has 23 heavy (non-hydrogen) atoms. The molecular formula is C16H10ClN3O3. The molecular weight excluding hydrogens is 318 g/mol. The van der Waals surface area contributed by atoms with E-state index in [1.165, 1.54) is 17.0 Å². The van der Waals surface area contributed by atoms with Crippen LogP contribution < -0.4 is 15.5 Å². The molecule has 1 unspecified atom stereocenters. The number of rotatable bonds is 0. The summed E-state index contributed by atoms with van der Waals surface area (Å²) in [6.45, 7) is 0. The van der Waals surface area contributed by atoms with Crippen LogP contribution >= 0.6 is 11.6 Å². The van der Waals surface area contributed by atoms with Crippen molar-refractivity contribution in [2.24, 2.45) is 0 Å². The quantitative estimate of drug-likeness (QED) is 0.728. The summed E-state index contributed by atoms with van der Waals surface area (Å²) in [6.07, 6.45) is 0. The van der Waals surface area contributed by atoms with Gasteiger partial charge < -0.3 is 10.6 Å². The molecule has 3 amide bonds. The molecule has 0 saturated carbocycles. The van der Waals surface area contributed by atoms with E-state index in [2.05, 4.69) is 10.6 Å². The van der Waals surface area contributed by atoms with Crippen LogP contribution in [0.5, 0.6) is 0 Å². The van der Waals surface area contributed by atoms with Gasteiger partial charge in [0.05, 0.1) is 22.6 Å². The summed E-state index contributed by atoms with van der Waals surface area (Å²) < 4.78 is 0. The smallest absolute Gasteiger partial charge is 0.261 e. The SMILES string of the molecule is O=C1Nc2cc(Cl)ccc2C(=O)N2c3ccccc3NC(=O)C12. The summed E-state index contributed by atoms with van der Waals surface area (Å²) >= 11 is 5.93. The second kappa shape index (κ2) is 4.82. The Bertz CT molecular complexity index is 881. The third kappa shape index (κ3) is 1.99. The molecule has 0 spiro atoms. The Labute approximate surface area is 136 Å². The molecule has 2 aromatic rings. The van der Waals surface area contributed by atoms with Crippen LogP contribution in [-0.2, 0) is 9.59 Å². The van der Waals surface area contributed by atoms with Crippen molar-refractivity contribution in [3.8, 4) is 0 Å². The predicted molar refractivity (Wildman–Crippen MR) is 85.8 cm³/mol. The molecule has 6 nitrogen and oxygen atoms in total. The van der Waals surface area contributed by atoms with Crippen LogP contribution in [0.15, 0.2) is 42.5 Å². The zero-order valence-corrected chi connectivity index (χ0v) is 12.4. The number of hydrogen-bond acceptors (Lipinski definition) is 3. The molecule has 2 aliphatic rings. The van der Waals surface area contributed by atoms with Gasteiger partial charge in [0.25, 0.3) is 17.7 Å².